The molecule has 0 fully saturated rings. The molecule has 0 aliphatic rings. The van der Waals surface area contributed by atoms with Gasteiger partial charge in [-0.15, -0.1) is 0 Å². The van der Waals surface area contributed by atoms with Crippen LogP contribution in [0.2, 0.25) is 0 Å². The van der Waals surface area contributed by atoms with Crippen molar-refractivity contribution in [2.75, 3.05) is 10.6 Å². The third-order valence-electron chi connectivity index (χ3n) is 4.58. The normalized spacial score (nSPS) is 11.7. The molecule has 3 N–H and O–H groups in total. The average molecular weight is 441 g/mol. The van der Waals surface area contributed by atoms with Crippen LogP contribution in [0, 0.1) is 17.6 Å². The number of carbonyl (C=O) groups is 3. The lowest BCUT2D eigenvalue weighted by Gasteiger charge is -2.22. The Balaban J connectivity index is 1.65. The number of rotatable bonds is 7. The first-order chi connectivity index (χ1) is 15.3. The minimum Gasteiger partial charge on any atom is -0.459 e. The largest absolute Gasteiger partial charge is 0.459 e. The van der Waals surface area contributed by atoms with Crippen molar-refractivity contribution < 1.29 is 27.6 Å². The quantitative estimate of drug-likeness (QED) is 0.512. The topological polar surface area (TPSA) is 100 Å². The van der Waals surface area contributed by atoms with Crippen LogP contribution in [-0.4, -0.2) is 23.8 Å². The number of carbonyl (C=O) groups excluding carboxylic acids is 3. The Morgan fingerprint density at radius 2 is 1.41 bits per heavy atom. The first-order valence-corrected chi connectivity index (χ1v) is 9.77. The van der Waals surface area contributed by atoms with Gasteiger partial charge in [-0.25, -0.2) is 8.78 Å². The summed E-state index contributed by atoms with van der Waals surface area (Å²) in [6.07, 6.45) is 1.39. The Kier molecular flexibility index (Phi) is 6.99. The molecule has 0 spiro atoms. The maximum absolute atomic E-state index is 13.9. The number of hydrogen-bond acceptors (Lipinski definition) is 4. The first-order valence-electron chi connectivity index (χ1n) is 9.77. The highest BCUT2D eigenvalue weighted by Crippen LogP contribution is 2.17. The van der Waals surface area contributed by atoms with Gasteiger partial charge < -0.3 is 20.4 Å². The summed E-state index contributed by atoms with van der Waals surface area (Å²) in [5, 5.41) is 7.68. The molecule has 3 aromatic rings. The van der Waals surface area contributed by atoms with Crippen LogP contribution >= 0.6 is 0 Å². The summed E-state index contributed by atoms with van der Waals surface area (Å²) in [5.74, 6) is -4.24. The highest BCUT2D eigenvalue weighted by molar-refractivity contribution is 6.03. The predicted molar refractivity (Wildman–Crippen MR) is 114 cm³/mol. The molecule has 0 saturated heterocycles. The second kappa shape index (κ2) is 9.86. The molecule has 166 valence electrons. The summed E-state index contributed by atoms with van der Waals surface area (Å²) >= 11 is 0. The van der Waals surface area contributed by atoms with Gasteiger partial charge in [0.15, 0.2) is 5.76 Å². The van der Waals surface area contributed by atoms with Crippen LogP contribution in [-0.2, 0) is 4.79 Å². The number of hydrogen-bond donors (Lipinski definition) is 3. The third-order valence-corrected chi connectivity index (χ3v) is 4.58. The second-order valence-corrected chi connectivity index (χ2v) is 7.29. The fraction of sp³-hybridized carbons (Fsp3) is 0.174. The Bertz CT molecular complexity index is 1090. The van der Waals surface area contributed by atoms with Crippen molar-refractivity contribution in [1.29, 1.82) is 0 Å². The fourth-order valence-electron chi connectivity index (χ4n) is 2.92. The van der Waals surface area contributed by atoms with E-state index in [1.54, 1.807) is 44.2 Å². The van der Waals surface area contributed by atoms with Crippen LogP contribution in [0.4, 0.5) is 20.2 Å². The van der Waals surface area contributed by atoms with E-state index in [9.17, 15) is 23.2 Å². The smallest absolute Gasteiger partial charge is 0.291 e. The molecule has 0 unspecified atom stereocenters. The molecule has 3 amide bonds. The van der Waals surface area contributed by atoms with E-state index in [-0.39, 0.29) is 11.7 Å². The monoisotopic (exact) mass is 441 g/mol. The molecule has 0 aliphatic carbocycles. The second-order valence-electron chi connectivity index (χ2n) is 7.29. The van der Waals surface area contributed by atoms with Crippen molar-refractivity contribution in [1.82, 2.24) is 5.32 Å². The zero-order valence-electron chi connectivity index (χ0n) is 17.3. The Labute approximate surface area is 182 Å². The predicted octanol–water partition coefficient (Wildman–Crippen LogP) is 4.20. The molecule has 0 radical (unpaired) electrons. The van der Waals surface area contributed by atoms with Gasteiger partial charge in [-0.05, 0) is 54.4 Å². The standard InChI is InChI=1S/C23H21F2N3O4/c1-13(2)20(28-22(30)19-16(24)5-3-6-17(19)25)23(31)27-15-10-8-14(9-11-15)26-21(29)18-7-4-12-32-18/h3-13,20H,1-2H3,(H,26,29)(H,27,31)(H,28,30)/t20-/m0/s1. The lowest BCUT2D eigenvalue weighted by atomic mass is 10.0. The molecule has 2 aromatic carbocycles. The van der Waals surface area contributed by atoms with Crippen LogP contribution in [0.1, 0.15) is 34.8 Å². The number of benzene rings is 2. The van der Waals surface area contributed by atoms with Gasteiger partial charge in [0.1, 0.15) is 23.2 Å². The van der Waals surface area contributed by atoms with Crippen LogP contribution in [0.15, 0.2) is 65.3 Å². The van der Waals surface area contributed by atoms with Crippen LogP contribution < -0.4 is 16.0 Å². The number of anilines is 2. The van der Waals surface area contributed by atoms with Crippen molar-refractivity contribution in [3.8, 4) is 0 Å². The van der Waals surface area contributed by atoms with E-state index in [2.05, 4.69) is 16.0 Å². The average Bonchev–Trinajstić information content (AvgIpc) is 3.28. The number of furan rings is 1. The van der Waals surface area contributed by atoms with Crippen LogP contribution in [0.25, 0.3) is 0 Å². The fourth-order valence-corrected chi connectivity index (χ4v) is 2.92. The van der Waals surface area contributed by atoms with Crippen LogP contribution in [0.5, 0.6) is 0 Å². The van der Waals surface area contributed by atoms with Gasteiger partial charge in [0.25, 0.3) is 11.8 Å². The van der Waals surface area contributed by atoms with Crippen molar-refractivity contribution >= 4 is 29.1 Å². The van der Waals surface area contributed by atoms with Gasteiger partial charge >= 0.3 is 0 Å². The Morgan fingerprint density at radius 1 is 0.812 bits per heavy atom. The Morgan fingerprint density at radius 3 is 1.94 bits per heavy atom. The summed E-state index contributed by atoms with van der Waals surface area (Å²) in [7, 11) is 0. The van der Waals surface area contributed by atoms with Crippen molar-refractivity contribution in [3.05, 3.63) is 83.8 Å². The Hall–Kier alpha value is -4.01. The summed E-state index contributed by atoms with van der Waals surface area (Å²) in [6, 6.07) is 11.4. The summed E-state index contributed by atoms with van der Waals surface area (Å²) < 4.78 is 32.8. The number of amides is 3. The zero-order chi connectivity index (χ0) is 23.3. The lowest BCUT2D eigenvalue weighted by molar-refractivity contribution is -0.118. The van der Waals surface area contributed by atoms with E-state index in [1.165, 1.54) is 12.3 Å². The molecule has 7 nitrogen and oxygen atoms in total. The molecule has 1 heterocycles. The van der Waals surface area contributed by atoms with Gasteiger partial charge in [-0.3, -0.25) is 14.4 Å². The van der Waals surface area contributed by atoms with Gasteiger partial charge in [0.2, 0.25) is 5.91 Å². The van der Waals surface area contributed by atoms with E-state index in [4.69, 9.17) is 4.42 Å². The SMILES string of the molecule is CC(C)[C@H](NC(=O)c1c(F)cccc1F)C(=O)Nc1ccc(NC(=O)c2ccco2)cc1. The molecule has 0 bridgehead atoms. The number of halogens is 2. The molecular formula is C23H21F2N3O4. The molecule has 0 aliphatic heterocycles. The van der Waals surface area contributed by atoms with E-state index in [0.29, 0.717) is 11.4 Å². The summed E-state index contributed by atoms with van der Waals surface area (Å²) in [5.41, 5.74) is 0.138. The van der Waals surface area contributed by atoms with E-state index < -0.39 is 41.0 Å². The first kappa shape index (κ1) is 22.7. The molecule has 1 aromatic heterocycles. The van der Waals surface area contributed by atoms with Gasteiger partial charge in [-0.2, -0.15) is 0 Å². The van der Waals surface area contributed by atoms with Crippen LogP contribution in [0.3, 0.4) is 0 Å². The van der Waals surface area contributed by atoms with Gasteiger partial charge in [0, 0.05) is 11.4 Å². The molecule has 1 atom stereocenters. The summed E-state index contributed by atoms with van der Waals surface area (Å²) in [4.78, 5) is 37.1. The van der Waals surface area contributed by atoms with Crippen molar-refractivity contribution in [2.45, 2.75) is 19.9 Å². The highest BCUT2D eigenvalue weighted by atomic mass is 19.1. The van der Waals surface area contributed by atoms with E-state index >= 15 is 0 Å². The minimum atomic E-state index is -1.04. The lowest BCUT2D eigenvalue weighted by Crippen LogP contribution is -2.47. The third kappa shape index (κ3) is 5.37. The van der Waals surface area contributed by atoms with Gasteiger partial charge in [-0.1, -0.05) is 19.9 Å². The van der Waals surface area contributed by atoms with E-state index in [1.807, 2.05) is 0 Å². The molecule has 0 saturated carbocycles. The molecule has 3 rings (SSSR count). The maximum Gasteiger partial charge on any atom is 0.291 e. The number of nitrogens with one attached hydrogen (secondary N) is 3. The molecular weight excluding hydrogens is 420 g/mol. The summed E-state index contributed by atoms with van der Waals surface area (Å²) in [6.45, 7) is 3.38. The molecule has 9 heteroatoms. The highest BCUT2D eigenvalue weighted by Gasteiger charge is 2.27. The van der Waals surface area contributed by atoms with Gasteiger partial charge in [0.05, 0.1) is 6.26 Å². The van der Waals surface area contributed by atoms with Crippen molar-refractivity contribution in [2.24, 2.45) is 5.92 Å². The molecule has 32 heavy (non-hydrogen) atoms. The maximum atomic E-state index is 13.9. The van der Waals surface area contributed by atoms with E-state index in [0.717, 1.165) is 18.2 Å². The minimum absolute atomic E-state index is 0.157. The van der Waals surface area contributed by atoms with Crippen molar-refractivity contribution in [3.63, 3.8) is 0 Å². The zero-order valence-corrected chi connectivity index (χ0v) is 17.3.